The molecule has 0 bridgehead atoms. The van der Waals surface area contributed by atoms with Crippen molar-refractivity contribution in [3.05, 3.63) is 29.6 Å². The maximum Gasteiger partial charge on any atom is 0.123 e. The first kappa shape index (κ1) is 12.8. The zero-order valence-corrected chi connectivity index (χ0v) is 10.4. The molecule has 3 atom stereocenters. The summed E-state index contributed by atoms with van der Waals surface area (Å²) >= 11 is 0. The Kier molecular flexibility index (Phi) is 3.83. The van der Waals surface area contributed by atoms with Crippen LogP contribution in [0, 0.1) is 23.1 Å². The Morgan fingerprint density at radius 2 is 2.28 bits per heavy atom. The van der Waals surface area contributed by atoms with Crippen molar-refractivity contribution in [3.63, 3.8) is 0 Å². The molecule has 18 heavy (non-hydrogen) atoms. The number of rotatable bonds is 3. The van der Waals surface area contributed by atoms with Crippen LogP contribution in [-0.2, 0) is 0 Å². The number of nitriles is 1. The van der Waals surface area contributed by atoms with Crippen molar-refractivity contribution < 1.29 is 9.50 Å². The Morgan fingerprint density at radius 1 is 1.50 bits per heavy atom. The van der Waals surface area contributed by atoms with E-state index in [2.05, 4.69) is 11.4 Å². The summed E-state index contributed by atoms with van der Waals surface area (Å²) in [5, 5.41) is 22.1. The Hall–Kier alpha value is -1.60. The molecule has 0 aliphatic heterocycles. The van der Waals surface area contributed by atoms with E-state index in [4.69, 9.17) is 5.26 Å². The molecule has 3 unspecified atom stereocenters. The fourth-order valence-corrected chi connectivity index (χ4v) is 2.60. The summed E-state index contributed by atoms with van der Waals surface area (Å²) in [6.45, 7) is 1.88. The van der Waals surface area contributed by atoms with Crippen molar-refractivity contribution in [1.82, 2.24) is 5.32 Å². The monoisotopic (exact) mass is 248 g/mol. The number of nitrogens with one attached hydrogen (secondary N) is 1. The van der Waals surface area contributed by atoms with Crippen LogP contribution in [-0.4, -0.2) is 11.1 Å². The van der Waals surface area contributed by atoms with Crippen molar-refractivity contribution in [2.45, 2.75) is 38.3 Å². The molecule has 0 spiro atoms. The Morgan fingerprint density at radius 3 is 3.00 bits per heavy atom. The van der Waals surface area contributed by atoms with Crippen molar-refractivity contribution in [2.75, 3.05) is 0 Å². The van der Waals surface area contributed by atoms with E-state index in [1.54, 1.807) is 0 Å². The molecule has 1 aromatic rings. The molecule has 3 nitrogen and oxygen atoms in total. The molecule has 4 heteroatoms. The normalized spacial score (nSPS) is 24.7. The van der Waals surface area contributed by atoms with E-state index in [9.17, 15) is 9.50 Å². The third-order valence-electron chi connectivity index (χ3n) is 3.60. The highest BCUT2D eigenvalue weighted by molar-refractivity contribution is 5.35. The van der Waals surface area contributed by atoms with Gasteiger partial charge in [-0.05, 0) is 38.0 Å². The van der Waals surface area contributed by atoms with Gasteiger partial charge in [0.2, 0.25) is 0 Å². The lowest BCUT2D eigenvalue weighted by atomic mass is 10.0. The molecule has 1 aliphatic carbocycles. The highest BCUT2D eigenvalue weighted by Crippen LogP contribution is 2.30. The van der Waals surface area contributed by atoms with Gasteiger partial charge in [-0.1, -0.05) is 6.42 Å². The van der Waals surface area contributed by atoms with Crippen LogP contribution in [0.15, 0.2) is 18.2 Å². The first-order valence-corrected chi connectivity index (χ1v) is 6.26. The van der Waals surface area contributed by atoms with Gasteiger partial charge in [0, 0.05) is 17.6 Å². The Bertz CT molecular complexity index is 469. The highest BCUT2D eigenvalue weighted by atomic mass is 19.1. The molecule has 1 aliphatic rings. The van der Waals surface area contributed by atoms with Gasteiger partial charge in [-0.2, -0.15) is 5.26 Å². The van der Waals surface area contributed by atoms with Crippen molar-refractivity contribution in [3.8, 4) is 11.8 Å². The third-order valence-corrected chi connectivity index (χ3v) is 3.60. The largest absolute Gasteiger partial charge is 0.508 e. The molecule has 0 saturated heterocycles. The van der Waals surface area contributed by atoms with E-state index >= 15 is 0 Å². The van der Waals surface area contributed by atoms with Crippen LogP contribution < -0.4 is 5.32 Å². The summed E-state index contributed by atoms with van der Waals surface area (Å²) in [7, 11) is 0. The first-order valence-electron chi connectivity index (χ1n) is 6.26. The highest BCUT2D eigenvalue weighted by Gasteiger charge is 2.28. The molecular formula is C14H17FN2O. The van der Waals surface area contributed by atoms with Gasteiger partial charge in [0.1, 0.15) is 11.6 Å². The molecule has 1 saturated carbocycles. The summed E-state index contributed by atoms with van der Waals surface area (Å²) < 4.78 is 13.2. The quantitative estimate of drug-likeness (QED) is 0.864. The molecule has 1 aromatic carbocycles. The molecule has 1 fully saturated rings. The molecule has 0 heterocycles. The van der Waals surface area contributed by atoms with E-state index in [0.29, 0.717) is 5.56 Å². The van der Waals surface area contributed by atoms with E-state index in [1.807, 2.05) is 6.92 Å². The lowest BCUT2D eigenvalue weighted by molar-refractivity contribution is 0.399. The van der Waals surface area contributed by atoms with E-state index in [0.717, 1.165) is 19.3 Å². The summed E-state index contributed by atoms with van der Waals surface area (Å²) in [6, 6.07) is 6.20. The Labute approximate surface area is 106 Å². The van der Waals surface area contributed by atoms with Crippen LogP contribution in [0.4, 0.5) is 4.39 Å². The van der Waals surface area contributed by atoms with Gasteiger partial charge < -0.3 is 10.4 Å². The average Bonchev–Trinajstić information content (AvgIpc) is 2.79. The second-order valence-electron chi connectivity index (χ2n) is 4.86. The van der Waals surface area contributed by atoms with E-state index in [-0.39, 0.29) is 29.6 Å². The summed E-state index contributed by atoms with van der Waals surface area (Å²) in [4.78, 5) is 0. The molecular weight excluding hydrogens is 231 g/mol. The maximum atomic E-state index is 13.2. The van der Waals surface area contributed by atoms with Crippen LogP contribution in [0.25, 0.3) is 0 Å². The molecule has 2 rings (SSSR count). The lowest BCUT2D eigenvalue weighted by Gasteiger charge is -2.22. The SMILES string of the molecule is CC(NC1CCCC1C#N)c1cc(F)ccc1O. The summed E-state index contributed by atoms with van der Waals surface area (Å²) in [6.07, 6.45) is 2.91. The second-order valence-corrected chi connectivity index (χ2v) is 4.86. The Balaban J connectivity index is 2.10. The van der Waals surface area contributed by atoms with Gasteiger partial charge >= 0.3 is 0 Å². The van der Waals surface area contributed by atoms with Crippen molar-refractivity contribution >= 4 is 0 Å². The topological polar surface area (TPSA) is 56.0 Å². The summed E-state index contributed by atoms with van der Waals surface area (Å²) in [5.41, 5.74) is 0.540. The molecule has 96 valence electrons. The predicted octanol–water partition coefficient (Wildman–Crippen LogP) is 2.87. The fraction of sp³-hybridized carbons (Fsp3) is 0.500. The van der Waals surface area contributed by atoms with Crippen LogP contribution in [0.5, 0.6) is 5.75 Å². The van der Waals surface area contributed by atoms with Crippen LogP contribution in [0.1, 0.15) is 37.8 Å². The molecule has 0 radical (unpaired) electrons. The minimum absolute atomic E-state index is 0.0168. The lowest BCUT2D eigenvalue weighted by Crippen LogP contribution is -2.34. The smallest absolute Gasteiger partial charge is 0.123 e. The summed E-state index contributed by atoms with van der Waals surface area (Å²) in [5.74, 6) is -0.259. The fourth-order valence-electron chi connectivity index (χ4n) is 2.60. The van der Waals surface area contributed by atoms with Gasteiger partial charge in [0.05, 0.1) is 12.0 Å². The average molecular weight is 248 g/mol. The van der Waals surface area contributed by atoms with Crippen LogP contribution in [0.3, 0.4) is 0 Å². The number of aromatic hydroxyl groups is 1. The van der Waals surface area contributed by atoms with Gasteiger partial charge in [-0.3, -0.25) is 0 Å². The number of benzene rings is 1. The minimum atomic E-state index is -0.361. The number of hydrogen-bond donors (Lipinski definition) is 2. The predicted molar refractivity (Wildman–Crippen MR) is 66.4 cm³/mol. The zero-order chi connectivity index (χ0) is 13.1. The number of phenols is 1. The van der Waals surface area contributed by atoms with E-state index in [1.165, 1.54) is 18.2 Å². The number of halogens is 1. The first-order chi connectivity index (χ1) is 8.61. The molecule has 0 amide bonds. The number of hydrogen-bond acceptors (Lipinski definition) is 3. The molecule has 0 aromatic heterocycles. The number of phenolic OH excluding ortho intramolecular Hbond substituents is 1. The minimum Gasteiger partial charge on any atom is -0.508 e. The maximum absolute atomic E-state index is 13.2. The van der Waals surface area contributed by atoms with Crippen LogP contribution >= 0.6 is 0 Å². The van der Waals surface area contributed by atoms with Crippen LogP contribution in [0.2, 0.25) is 0 Å². The van der Waals surface area contributed by atoms with Gasteiger partial charge in [-0.25, -0.2) is 4.39 Å². The third kappa shape index (κ3) is 2.62. The van der Waals surface area contributed by atoms with Crippen molar-refractivity contribution in [1.29, 1.82) is 5.26 Å². The van der Waals surface area contributed by atoms with Gasteiger partial charge in [0.25, 0.3) is 0 Å². The number of nitrogens with zero attached hydrogens (tertiary/aromatic N) is 1. The van der Waals surface area contributed by atoms with Gasteiger partial charge in [-0.15, -0.1) is 0 Å². The van der Waals surface area contributed by atoms with E-state index < -0.39 is 0 Å². The van der Waals surface area contributed by atoms with Crippen molar-refractivity contribution in [2.24, 2.45) is 5.92 Å². The zero-order valence-electron chi connectivity index (χ0n) is 10.4. The second kappa shape index (κ2) is 5.36. The van der Waals surface area contributed by atoms with Gasteiger partial charge in [0.15, 0.2) is 0 Å². The molecule has 2 N–H and O–H groups in total. The standard InChI is InChI=1S/C14H17FN2O/c1-9(12-7-11(15)5-6-14(12)18)17-13-4-2-3-10(13)8-16/h5-7,9-10,13,17-18H,2-4H2,1H3.